The predicted molar refractivity (Wildman–Crippen MR) is 94.8 cm³/mol. The summed E-state index contributed by atoms with van der Waals surface area (Å²) in [6.07, 6.45) is 4.70. The van der Waals surface area contributed by atoms with Gasteiger partial charge < -0.3 is 9.47 Å². The van der Waals surface area contributed by atoms with Gasteiger partial charge in [-0.2, -0.15) is 0 Å². The fourth-order valence-electron chi connectivity index (χ4n) is 4.46. The first kappa shape index (κ1) is 16.9. The highest BCUT2D eigenvalue weighted by Gasteiger charge is 2.38. The topological polar surface area (TPSA) is 21.7 Å². The number of nitrogens with zero attached hydrogens (tertiary/aromatic N) is 1. The summed E-state index contributed by atoms with van der Waals surface area (Å²) in [6.45, 7) is 4.67. The maximum atomic E-state index is 6.07. The van der Waals surface area contributed by atoms with Gasteiger partial charge in [-0.05, 0) is 54.4 Å². The summed E-state index contributed by atoms with van der Waals surface area (Å²) in [5.74, 6) is 3.98. The third kappa shape index (κ3) is 3.18. The highest BCUT2D eigenvalue weighted by Crippen LogP contribution is 2.45. The van der Waals surface area contributed by atoms with E-state index in [1.807, 2.05) is 0 Å². The zero-order valence-electron chi connectivity index (χ0n) is 14.5. The first-order valence-electron chi connectivity index (χ1n) is 8.76. The predicted octanol–water partition coefficient (Wildman–Crippen LogP) is 4.28. The van der Waals surface area contributed by atoms with Gasteiger partial charge >= 0.3 is 0 Å². The van der Waals surface area contributed by atoms with Crippen LogP contribution in [0.1, 0.15) is 43.4 Å². The minimum Gasteiger partial charge on any atom is -0.493 e. The lowest BCUT2D eigenvalue weighted by molar-refractivity contribution is 0.0506. The molecule has 0 saturated carbocycles. The molecule has 0 aromatic heterocycles. The van der Waals surface area contributed by atoms with Gasteiger partial charge in [0.05, 0.1) is 14.2 Å². The Kier molecular flexibility index (Phi) is 5.38. The molecule has 3 atom stereocenters. The summed E-state index contributed by atoms with van der Waals surface area (Å²) >= 11 is 6.07. The van der Waals surface area contributed by atoms with E-state index in [1.165, 1.54) is 30.5 Å². The molecule has 1 saturated heterocycles. The van der Waals surface area contributed by atoms with Crippen LogP contribution in [0, 0.1) is 11.8 Å². The van der Waals surface area contributed by atoms with E-state index in [1.54, 1.807) is 14.2 Å². The van der Waals surface area contributed by atoms with Crippen molar-refractivity contribution < 1.29 is 9.47 Å². The molecule has 0 aliphatic carbocycles. The second-order valence-electron chi connectivity index (χ2n) is 6.81. The van der Waals surface area contributed by atoms with Crippen LogP contribution in [0.5, 0.6) is 11.5 Å². The average molecular weight is 338 g/mol. The number of methoxy groups -OCH3 is 2. The molecule has 2 heterocycles. The Bertz CT molecular complexity index is 548. The summed E-state index contributed by atoms with van der Waals surface area (Å²) in [4.78, 5) is 2.67. The first-order chi connectivity index (χ1) is 11.2. The molecule has 0 bridgehead atoms. The molecule has 0 amide bonds. The van der Waals surface area contributed by atoms with Crippen molar-refractivity contribution in [2.24, 2.45) is 11.8 Å². The highest BCUT2D eigenvalue weighted by atomic mass is 35.5. The van der Waals surface area contributed by atoms with Crippen molar-refractivity contribution in [1.29, 1.82) is 0 Å². The van der Waals surface area contributed by atoms with Gasteiger partial charge in [-0.1, -0.05) is 13.3 Å². The van der Waals surface area contributed by atoms with Crippen LogP contribution in [-0.4, -0.2) is 38.1 Å². The van der Waals surface area contributed by atoms with Gasteiger partial charge in [-0.15, -0.1) is 11.6 Å². The molecular weight excluding hydrogens is 310 g/mol. The molecule has 0 N–H and O–H groups in total. The zero-order valence-corrected chi connectivity index (χ0v) is 15.2. The number of hydrogen-bond acceptors (Lipinski definition) is 3. The van der Waals surface area contributed by atoms with Crippen LogP contribution in [0.3, 0.4) is 0 Å². The van der Waals surface area contributed by atoms with Crippen molar-refractivity contribution in [2.45, 2.75) is 38.6 Å². The maximum absolute atomic E-state index is 6.07. The smallest absolute Gasteiger partial charge is 0.161 e. The number of fused-ring (bicyclic) bond motifs is 3. The van der Waals surface area contributed by atoms with Crippen LogP contribution in [0.2, 0.25) is 0 Å². The minimum atomic E-state index is 0.509. The van der Waals surface area contributed by atoms with E-state index in [0.29, 0.717) is 6.04 Å². The van der Waals surface area contributed by atoms with Crippen LogP contribution in [-0.2, 0) is 6.42 Å². The molecule has 1 fully saturated rings. The highest BCUT2D eigenvalue weighted by molar-refractivity contribution is 6.17. The molecule has 3 unspecified atom stereocenters. The molecule has 128 valence electrons. The summed E-state index contributed by atoms with van der Waals surface area (Å²) in [5, 5.41) is 0. The molecule has 2 aliphatic rings. The van der Waals surface area contributed by atoms with Crippen LogP contribution in [0.4, 0.5) is 0 Å². The number of benzene rings is 1. The van der Waals surface area contributed by atoms with E-state index < -0.39 is 0 Å². The van der Waals surface area contributed by atoms with Gasteiger partial charge in [0.2, 0.25) is 0 Å². The summed E-state index contributed by atoms with van der Waals surface area (Å²) in [5.41, 5.74) is 2.85. The Hall–Kier alpha value is -0.930. The Morgan fingerprint density at radius 1 is 1.17 bits per heavy atom. The minimum absolute atomic E-state index is 0.509. The van der Waals surface area contributed by atoms with Gasteiger partial charge in [-0.25, -0.2) is 0 Å². The lowest BCUT2D eigenvalue weighted by Gasteiger charge is -2.47. The molecule has 23 heavy (non-hydrogen) atoms. The number of piperidine rings is 1. The van der Waals surface area contributed by atoms with Crippen molar-refractivity contribution >= 4 is 11.6 Å². The van der Waals surface area contributed by atoms with Crippen molar-refractivity contribution in [3.05, 3.63) is 23.3 Å². The maximum Gasteiger partial charge on any atom is 0.161 e. The monoisotopic (exact) mass is 337 g/mol. The van der Waals surface area contributed by atoms with Gasteiger partial charge in [0, 0.05) is 25.0 Å². The number of ether oxygens (including phenoxy) is 2. The van der Waals surface area contributed by atoms with E-state index in [-0.39, 0.29) is 0 Å². The SMILES string of the molecule is CCC1CN2CCc3cc(OC)c(OC)cc3C2CC1CCCl. The van der Waals surface area contributed by atoms with Crippen LogP contribution in [0.15, 0.2) is 12.1 Å². The number of alkyl halides is 1. The molecule has 2 aliphatic heterocycles. The van der Waals surface area contributed by atoms with E-state index in [9.17, 15) is 0 Å². The second kappa shape index (κ2) is 7.31. The Balaban J connectivity index is 1.92. The standard InChI is InChI=1S/C19H28ClNO2/c1-4-13-12-21-8-6-15-10-18(22-2)19(23-3)11-16(15)17(21)9-14(13)5-7-20/h10-11,13-14,17H,4-9,12H2,1-3H3. The fourth-order valence-corrected chi connectivity index (χ4v) is 4.74. The first-order valence-corrected chi connectivity index (χ1v) is 9.30. The van der Waals surface area contributed by atoms with E-state index in [4.69, 9.17) is 21.1 Å². The Morgan fingerprint density at radius 2 is 1.91 bits per heavy atom. The Labute approximate surface area is 144 Å². The molecule has 3 nitrogen and oxygen atoms in total. The van der Waals surface area contributed by atoms with Crippen molar-refractivity contribution in [2.75, 3.05) is 33.2 Å². The molecule has 3 rings (SSSR count). The van der Waals surface area contributed by atoms with Gasteiger partial charge in [0.25, 0.3) is 0 Å². The van der Waals surface area contributed by atoms with E-state index >= 15 is 0 Å². The summed E-state index contributed by atoms with van der Waals surface area (Å²) in [7, 11) is 3.43. The quantitative estimate of drug-likeness (QED) is 0.749. The van der Waals surface area contributed by atoms with Gasteiger partial charge in [0.1, 0.15) is 0 Å². The molecule has 0 radical (unpaired) electrons. The van der Waals surface area contributed by atoms with Gasteiger partial charge in [0.15, 0.2) is 11.5 Å². The lowest BCUT2D eigenvalue weighted by atomic mass is 9.75. The lowest BCUT2D eigenvalue weighted by Crippen LogP contribution is -2.45. The van der Waals surface area contributed by atoms with Crippen molar-refractivity contribution in [1.82, 2.24) is 4.90 Å². The number of hydrogen-bond donors (Lipinski definition) is 0. The molecular formula is C19H28ClNO2. The fraction of sp³-hybridized carbons (Fsp3) is 0.684. The van der Waals surface area contributed by atoms with Crippen LogP contribution in [0.25, 0.3) is 0 Å². The average Bonchev–Trinajstić information content (AvgIpc) is 2.60. The zero-order chi connectivity index (χ0) is 16.4. The second-order valence-corrected chi connectivity index (χ2v) is 7.19. The van der Waals surface area contributed by atoms with Crippen LogP contribution >= 0.6 is 11.6 Å². The molecule has 0 spiro atoms. The molecule has 1 aromatic carbocycles. The summed E-state index contributed by atoms with van der Waals surface area (Å²) < 4.78 is 11.0. The Morgan fingerprint density at radius 3 is 2.57 bits per heavy atom. The summed E-state index contributed by atoms with van der Waals surface area (Å²) in [6, 6.07) is 4.89. The number of rotatable bonds is 5. The van der Waals surface area contributed by atoms with Crippen molar-refractivity contribution in [3.8, 4) is 11.5 Å². The molecule has 4 heteroatoms. The van der Waals surface area contributed by atoms with Crippen molar-refractivity contribution in [3.63, 3.8) is 0 Å². The van der Waals surface area contributed by atoms with E-state index in [0.717, 1.165) is 48.6 Å². The van der Waals surface area contributed by atoms with Gasteiger partial charge in [-0.3, -0.25) is 4.90 Å². The van der Waals surface area contributed by atoms with Crippen LogP contribution < -0.4 is 9.47 Å². The third-order valence-corrected chi connectivity index (χ3v) is 6.00. The normalized spacial score (nSPS) is 27.2. The molecule has 1 aromatic rings. The van der Waals surface area contributed by atoms with E-state index in [2.05, 4.69) is 24.0 Å². The largest absolute Gasteiger partial charge is 0.493 e. The number of halogens is 1. The third-order valence-electron chi connectivity index (χ3n) is 5.78.